The molecule has 0 atom stereocenters. The fourth-order valence-corrected chi connectivity index (χ4v) is 4.75. The van der Waals surface area contributed by atoms with Gasteiger partial charge in [0, 0.05) is 12.4 Å². The first-order valence-corrected chi connectivity index (χ1v) is 17.1. The number of aromatic carboxylic acids is 2. The van der Waals surface area contributed by atoms with Crippen molar-refractivity contribution in [3.8, 4) is 11.4 Å². The summed E-state index contributed by atoms with van der Waals surface area (Å²) in [6.45, 7) is 15.0. The SMILES string of the molecule is CCCC[N+](CCCC)(CCCC)CCCC.O.O.O.O=C([O-])c1cc(=O)[nH]c(=O)[n-]1.O=C([O-])c1cc(=O)[nH]c(=O)[n-]1.[Co+3].c1ccc(-c2ccccn2)nc1. The van der Waals surface area contributed by atoms with Gasteiger partial charge in [0.2, 0.25) is 0 Å². The summed E-state index contributed by atoms with van der Waals surface area (Å²) in [6.07, 6.45) is 14.6. The van der Waals surface area contributed by atoms with Crippen LogP contribution < -0.4 is 42.7 Å². The minimum absolute atomic E-state index is 0. The van der Waals surface area contributed by atoms with Crippen molar-refractivity contribution in [1.29, 1.82) is 0 Å². The largest absolute Gasteiger partial charge is 3.00 e. The van der Waals surface area contributed by atoms with Crippen LogP contribution in [-0.2, 0) is 16.8 Å². The molecule has 0 saturated heterocycles. The fourth-order valence-electron chi connectivity index (χ4n) is 4.75. The van der Waals surface area contributed by atoms with Crippen LogP contribution in [0.4, 0.5) is 0 Å². The Kier molecular flexibility index (Phi) is 33.4. The summed E-state index contributed by atoms with van der Waals surface area (Å²) in [5, 5.41) is 20.1. The Bertz CT molecular complexity index is 1610. The number of aromatic nitrogens is 6. The zero-order valence-corrected chi connectivity index (χ0v) is 32.6. The zero-order valence-electron chi connectivity index (χ0n) is 31.6. The van der Waals surface area contributed by atoms with E-state index in [-0.39, 0.29) is 33.2 Å². The molecule has 0 bridgehead atoms. The first-order chi connectivity index (χ1) is 24.4. The summed E-state index contributed by atoms with van der Waals surface area (Å²) in [6, 6.07) is 12.9. The molecule has 19 heteroatoms. The van der Waals surface area contributed by atoms with Crippen LogP contribution in [0.15, 0.2) is 80.1 Å². The molecule has 18 nitrogen and oxygen atoms in total. The summed E-state index contributed by atoms with van der Waals surface area (Å²) >= 11 is 0. The van der Waals surface area contributed by atoms with Gasteiger partial charge in [0.25, 0.3) is 0 Å². The van der Waals surface area contributed by atoms with E-state index in [1.165, 1.54) is 82.0 Å². The Labute approximate surface area is 329 Å². The predicted molar refractivity (Wildman–Crippen MR) is 200 cm³/mol. The van der Waals surface area contributed by atoms with E-state index in [1.54, 1.807) is 22.4 Å². The second-order valence-corrected chi connectivity index (χ2v) is 11.5. The predicted octanol–water partition coefficient (Wildman–Crippen LogP) is -1.22. The average molecular weight is 820 g/mol. The van der Waals surface area contributed by atoms with Gasteiger partial charge in [-0.3, -0.25) is 29.1 Å². The average Bonchev–Trinajstić information content (AvgIpc) is 3.12. The third kappa shape index (κ3) is 24.1. The van der Waals surface area contributed by atoms with Crippen molar-refractivity contribution in [2.24, 2.45) is 0 Å². The zero-order chi connectivity index (χ0) is 38.1. The summed E-state index contributed by atoms with van der Waals surface area (Å²) in [5.74, 6) is -3.29. The minimum atomic E-state index is -1.65. The summed E-state index contributed by atoms with van der Waals surface area (Å²) < 4.78 is 1.42. The van der Waals surface area contributed by atoms with Crippen molar-refractivity contribution in [2.75, 3.05) is 26.2 Å². The van der Waals surface area contributed by atoms with Gasteiger partial charge in [0.1, 0.15) is 0 Å². The number of quaternary nitrogens is 1. The maximum absolute atomic E-state index is 10.4. The first-order valence-electron chi connectivity index (χ1n) is 17.1. The van der Waals surface area contributed by atoms with Gasteiger partial charge in [0.05, 0.1) is 49.5 Å². The van der Waals surface area contributed by atoms with Crippen molar-refractivity contribution in [1.82, 2.24) is 29.9 Å². The van der Waals surface area contributed by atoms with Crippen molar-refractivity contribution in [2.45, 2.75) is 79.1 Å². The van der Waals surface area contributed by atoms with Gasteiger partial charge in [-0.1, -0.05) is 65.5 Å². The summed E-state index contributed by atoms with van der Waals surface area (Å²) in [5.41, 5.74) is -3.06. The number of hydrogen-bond donors (Lipinski definition) is 2. The molecule has 0 unspecified atom stereocenters. The van der Waals surface area contributed by atoms with E-state index in [0.717, 1.165) is 11.4 Å². The van der Waals surface area contributed by atoms with E-state index in [2.05, 4.69) is 47.6 Å². The van der Waals surface area contributed by atoms with Crippen molar-refractivity contribution in [3.63, 3.8) is 0 Å². The number of aromatic amines is 2. The van der Waals surface area contributed by atoms with Crippen molar-refractivity contribution in [3.05, 3.63) is 114 Å². The molecule has 0 aliphatic carbocycles. The molecule has 4 rings (SSSR count). The molecule has 4 aromatic heterocycles. The number of nitrogens with zero attached hydrogens (tertiary/aromatic N) is 5. The van der Waals surface area contributed by atoms with E-state index in [4.69, 9.17) is 0 Å². The van der Waals surface area contributed by atoms with Gasteiger partial charge < -0.3 is 60.6 Å². The molecule has 8 N–H and O–H groups in total. The molecule has 4 aromatic rings. The molecule has 0 aromatic carbocycles. The Hall–Kier alpha value is -5.05. The van der Waals surface area contributed by atoms with Crippen LogP contribution in [-0.4, -0.2) is 79.0 Å². The normalized spacial score (nSPS) is 9.60. The van der Waals surface area contributed by atoms with Crippen LogP contribution in [0.25, 0.3) is 11.4 Å². The van der Waals surface area contributed by atoms with Gasteiger partial charge >= 0.3 is 16.8 Å². The second-order valence-electron chi connectivity index (χ2n) is 11.5. The third-order valence-corrected chi connectivity index (χ3v) is 7.39. The maximum Gasteiger partial charge on any atom is 3.00 e. The monoisotopic (exact) mass is 819 g/mol. The molecule has 55 heavy (non-hydrogen) atoms. The maximum atomic E-state index is 10.4. The van der Waals surface area contributed by atoms with Crippen molar-refractivity contribution >= 4 is 11.9 Å². The number of unbranched alkanes of at least 4 members (excludes halogenated alkanes) is 4. The fraction of sp³-hybridized carbons (Fsp3) is 0.444. The van der Waals surface area contributed by atoms with Gasteiger partial charge in [-0.2, -0.15) is 0 Å². The van der Waals surface area contributed by atoms with E-state index in [0.29, 0.717) is 12.1 Å². The molecular weight excluding hydrogens is 765 g/mol. The van der Waals surface area contributed by atoms with Crippen LogP contribution in [0, 0.1) is 0 Å². The topological polar surface area (TPSA) is 329 Å². The Morgan fingerprint density at radius 2 is 0.909 bits per heavy atom. The van der Waals surface area contributed by atoms with Crippen LogP contribution in [0.3, 0.4) is 0 Å². The Balaban J connectivity index is -0.000000312. The second kappa shape index (κ2) is 32.4. The molecule has 4 heterocycles. The van der Waals surface area contributed by atoms with E-state index in [9.17, 15) is 39.0 Å². The third-order valence-electron chi connectivity index (χ3n) is 7.39. The molecule has 0 fully saturated rings. The van der Waals surface area contributed by atoms with Crippen molar-refractivity contribution < 1.29 is 57.5 Å². The number of carboxylic acid groups (broad SMARTS) is 2. The quantitative estimate of drug-likeness (QED) is 0.133. The Morgan fingerprint density at radius 3 is 1.13 bits per heavy atom. The van der Waals surface area contributed by atoms with Crippen LogP contribution in [0.5, 0.6) is 0 Å². The summed E-state index contributed by atoms with van der Waals surface area (Å²) in [7, 11) is 0. The minimum Gasteiger partial charge on any atom is -0.545 e. The number of pyridine rings is 2. The van der Waals surface area contributed by atoms with Crippen LogP contribution >= 0.6 is 0 Å². The molecule has 308 valence electrons. The number of hydrogen-bond acceptors (Lipinski definition) is 10. The standard InChI is InChI=1S/C16H36N.C10H8N2.2C5H4N2O4.Co.3H2O/c1-5-9-13-17(14-10-6-2,15-11-7-3)16-12-8-4;1-3-7-11-9(5-1)10-6-2-4-8-12-10;2*8-3-1-2(4(9)10)6-5(11)7-3;;;;/h5-16H2,1-4H3;1-8H;2*1H,(H3,6,7,8,9,10,11);;3*1H2/q+1;;;;+3;;;/p-4. The molecule has 0 saturated carbocycles. The van der Waals surface area contributed by atoms with Gasteiger partial charge in [0.15, 0.2) is 22.5 Å². The van der Waals surface area contributed by atoms with E-state index in [1.807, 2.05) is 36.4 Å². The first kappa shape index (κ1) is 56.7. The number of rotatable bonds is 15. The molecule has 0 radical (unpaired) electrons. The van der Waals surface area contributed by atoms with E-state index >= 15 is 0 Å². The van der Waals surface area contributed by atoms with Gasteiger partial charge in [-0.05, 0) is 73.5 Å². The molecule has 0 aliphatic rings. The molecular formula is C36H54CoN7O11. The van der Waals surface area contributed by atoms with Crippen LogP contribution in [0.1, 0.15) is 100 Å². The van der Waals surface area contributed by atoms with E-state index < -0.39 is 45.8 Å². The number of carbonyl (C=O) groups is 2. The smallest absolute Gasteiger partial charge is 0.545 e. The number of nitrogens with one attached hydrogen (secondary N) is 2. The number of H-pyrrole nitrogens is 2. The molecule has 0 amide bonds. The number of carbonyl (C=O) groups excluding carboxylic acids is 2. The molecule has 0 aliphatic heterocycles. The van der Waals surface area contributed by atoms with Crippen LogP contribution in [0.2, 0.25) is 0 Å². The summed E-state index contributed by atoms with van der Waals surface area (Å²) in [4.78, 5) is 79.5. The van der Waals surface area contributed by atoms with Gasteiger partial charge in [-0.25, -0.2) is 0 Å². The molecule has 0 spiro atoms. The Morgan fingerprint density at radius 1 is 0.600 bits per heavy atom. The number of carboxylic acids is 2. The van der Waals surface area contributed by atoms with Gasteiger partial charge in [-0.15, -0.1) is 0 Å².